The van der Waals surface area contributed by atoms with Crippen molar-refractivity contribution in [3.05, 3.63) is 54.0 Å². The van der Waals surface area contributed by atoms with Gasteiger partial charge in [-0.05, 0) is 49.6 Å². The zero-order valence-electron chi connectivity index (χ0n) is 17.7. The standard InChI is InChI=1S/C22H27FN4O3.HI/c1-3-24-22(27-12-10-17(11-13-27)21(28)29-2)26-15-16-4-9-20(25-14-16)30-19-7-5-18(23)6-8-19;/h4-9,14,17H,3,10-13,15H2,1-2H3,(H,24,26);1H. The lowest BCUT2D eigenvalue weighted by atomic mass is 9.97. The maximum absolute atomic E-state index is 13.0. The molecule has 2 aromatic rings. The third-order valence-corrected chi connectivity index (χ3v) is 4.91. The van der Waals surface area contributed by atoms with E-state index in [1.165, 1.54) is 19.2 Å². The molecule has 9 heteroatoms. The first kappa shape index (κ1) is 24.8. The number of halogens is 2. The number of rotatable bonds is 6. The molecule has 1 aromatic heterocycles. The molecule has 0 radical (unpaired) electrons. The maximum Gasteiger partial charge on any atom is 0.308 e. The number of nitrogens with one attached hydrogen (secondary N) is 1. The van der Waals surface area contributed by atoms with Crippen molar-refractivity contribution in [3.63, 3.8) is 0 Å². The molecule has 7 nitrogen and oxygen atoms in total. The Morgan fingerprint density at radius 1 is 1.23 bits per heavy atom. The second-order valence-electron chi connectivity index (χ2n) is 7.02. The van der Waals surface area contributed by atoms with Crippen molar-refractivity contribution in [1.29, 1.82) is 0 Å². The van der Waals surface area contributed by atoms with Crippen molar-refractivity contribution >= 4 is 35.9 Å². The molecule has 1 N–H and O–H groups in total. The first-order valence-corrected chi connectivity index (χ1v) is 10.1. The summed E-state index contributed by atoms with van der Waals surface area (Å²) >= 11 is 0. The summed E-state index contributed by atoms with van der Waals surface area (Å²) in [6, 6.07) is 9.47. The van der Waals surface area contributed by atoms with Gasteiger partial charge in [0.15, 0.2) is 5.96 Å². The number of hydrogen-bond donors (Lipinski definition) is 1. The van der Waals surface area contributed by atoms with Crippen LogP contribution < -0.4 is 10.1 Å². The molecular weight excluding hydrogens is 514 g/mol. The minimum atomic E-state index is -0.311. The molecule has 3 rings (SSSR count). The van der Waals surface area contributed by atoms with E-state index >= 15 is 0 Å². The number of piperidine rings is 1. The third kappa shape index (κ3) is 7.34. The molecule has 168 valence electrons. The van der Waals surface area contributed by atoms with Gasteiger partial charge in [0.1, 0.15) is 11.6 Å². The topological polar surface area (TPSA) is 76.1 Å². The number of carbonyl (C=O) groups is 1. The van der Waals surface area contributed by atoms with Gasteiger partial charge < -0.3 is 19.7 Å². The molecule has 0 saturated carbocycles. The number of hydrogen-bond acceptors (Lipinski definition) is 5. The predicted octanol–water partition coefficient (Wildman–Crippen LogP) is 3.98. The smallest absolute Gasteiger partial charge is 0.308 e. The van der Waals surface area contributed by atoms with Crippen molar-refractivity contribution in [3.8, 4) is 11.6 Å². The van der Waals surface area contributed by atoms with Gasteiger partial charge in [-0.25, -0.2) is 14.4 Å². The monoisotopic (exact) mass is 542 g/mol. The van der Waals surface area contributed by atoms with E-state index in [0.717, 1.165) is 44.0 Å². The average Bonchev–Trinajstić information content (AvgIpc) is 2.79. The van der Waals surface area contributed by atoms with Crippen LogP contribution >= 0.6 is 24.0 Å². The van der Waals surface area contributed by atoms with Crippen LogP contribution in [0.1, 0.15) is 25.3 Å². The highest BCUT2D eigenvalue weighted by atomic mass is 127. The Morgan fingerprint density at radius 3 is 2.52 bits per heavy atom. The van der Waals surface area contributed by atoms with E-state index in [9.17, 15) is 9.18 Å². The van der Waals surface area contributed by atoms with Crippen LogP contribution in [0.25, 0.3) is 0 Å². The highest BCUT2D eigenvalue weighted by Crippen LogP contribution is 2.20. The second-order valence-corrected chi connectivity index (χ2v) is 7.02. The molecule has 0 aliphatic carbocycles. The van der Waals surface area contributed by atoms with E-state index < -0.39 is 0 Å². The predicted molar refractivity (Wildman–Crippen MR) is 127 cm³/mol. The average molecular weight is 542 g/mol. The molecule has 1 saturated heterocycles. The minimum Gasteiger partial charge on any atom is -0.469 e. The quantitative estimate of drug-likeness (QED) is 0.258. The summed E-state index contributed by atoms with van der Waals surface area (Å²) in [7, 11) is 1.43. The van der Waals surface area contributed by atoms with Crippen molar-refractivity contribution in [1.82, 2.24) is 15.2 Å². The van der Waals surface area contributed by atoms with Gasteiger partial charge >= 0.3 is 5.97 Å². The van der Waals surface area contributed by atoms with Crippen LogP contribution in [0.4, 0.5) is 4.39 Å². The fourth-order valence-electron chi connectivity index (χ4n) is 3.27. The van der Waals surface area contributed by atoms with Gasteiger partial charge in [0, 0.05) is 31.9 Å². The van der Waals surface area contributed by atoms with E-state index in [4.69, 9.17) is 14.5 Å². The minimum absolute atomic E-state index is 0. The highest BCUT2D eigenvalue weighted by Gasteiger charge is 2.26. The number of aromatic nitrogens is 1. The molecular formula is C22H28FIN4O3. The maximum atomic E-state index is 13.0. The Labute approximate surface area is 199 Å². The Bertz CT molecular complexity index is 854. The van der Waals surface area contributed by atoms with Crippen molar-refractivity contribution in [2.24, 2.45) is 10.9 Å². The van der Waals surface area contributed by atoms with Crippen LogP contribution in [-0.4, -0.2) is 48.6 Å². The number of aliphatic imine (C=N–C) groups is 1. The van der Waals surface area contributed by atoms with Crippen LogP contribution in [-0.2, 0) is 16.1 Å². The number of esters is 1. The van der Waals surface area contributed by atoms with Crippen LogP contribution in [0.15, 0.2) is 47.6 Å². The lowest BCUT2D eigenvalue weighted by Gasteiger charge is -2.33. The molecule has 0 bridgehead atoms. The van der Waals surface area contributed by atoms with Gasteiger partial charge in [-0.15, -0.1) is 24.0 Å². The molecule has 0 spiro atoms. The summed E-state index contributed by atoms with van der Waals surface area (Å²) in [5.41, 5.74) is 0.946. The van der Waals surface area contributed by atoms with Crippen molar-refractivity contribution < 1.29 is 18.7 Å². The van der Waals surface area contributed by atoms with Crippen LogP contribution in [0, 0.1) is 11.7 Å². The van der Waals surface area contributed by atoms with E-state index in [0.29, 0.717) is 18.2 Å². The zero-order valence-corrected chi connectivity index (χ0v) is 20.0. The molecule has 1 aliphatic heterocycles. The number of nitrogens with zero attached hydrogens (tertiary/aromatic N) is 3. The van der Waals surface area contributed by atoms with Crippen molar-refractivity contribution in [2.75, 3.05) is 26.7 Å². The third-order valence-electron chi connectivity index (χ3n) is 4.91. The van der Waals surface area contributed by atoms with Crippen molar-refractivity contribution in [2.45, 2.75) is 26.3 Å². The molecule has 0 atom stereocenters. The lowest BCUT2D eigenvalue weighted by molar-refractivity contribution is -0.146. The zero-order chi connectivity index (χ0) is 21.3. The molecule has 1 aromatic carbocycles. The van der Waals surface area contributed by atoms with Crippen LogP contribution in [0.2, 0.25) is 0 Å². The summed E-state index contributed by atoms with van der Waals surface area (Å²) < 4.78 is 23.4. The van der Waals surface area contributed by atoms with Gasteiger partial charge in [0.05, 0.1) is 19.6 Å². The van der Waals surface area contributed by atoms with Gasteiger partial charge in [0.2, 0.25) is 5.88 Å². The summed E-state index contributed by atoms with van der Waals surface area (Å²) in [5.74, 6) is 1.31. The highest BCUT2D eigenvalue weighted by molar-refractivity contribution is 14.0. The number of guanidine groups is 1. The lowest BCUT2D eigenvalue weighted by Crippen LogP contribution is -2.46. The molecule has 0 amide bonds. The Morgan fingerprint density at radius 2 is 1.94 bits per heavy atom. The number of benzene rings is 1. The van der Waals surface area contributed by atoms with Gasteiger partial charge in [0.25, 0.3) is 0 Å². The summed E-state index contributed by atoms with van der Waals surface area (Å²) in [5, 5.41) is 3.31. The van der Waals surface area contributed by atoms with E-state index in [1.807, 2.05) is 13.0 Å². The molecule has 0 unspecified atom stereocenters. The largest absolute Gasteiger partial charge is 0.469 e. The Hall–Kier alpha value is -2.43. The summed E-state index contributed by atoms with van der Waals surface area (Å²) in [6.07, 6.45) is 3.23. The molecule has 2 heterocycles. The fraction of sp³-hybridized carbons (Fsp3) is 0.409. The van der Waals surface area contributed by atoms with Crippen LogP contribution in [0.3, 0.4) is 0 Å². The molecule has 31 heavy (non-hydrogen) atoms. The Balaban J connectivity index is 0.00000341. The van der Waals surface area contributed by atoms with E-state index in [-0.39, 0.29) is 41.7 Å². The van der Waals surface area contributed by atoms with E-state index in [1.54, 1.807) is 24.4 Å². The van der Waals surface area contributed by atoms with Gasteiger partial charge in [-0.3, -0.25) is 4.79 Å². The molecule has 1 aliphatic rings. The first-order valence-electron chi connectivity index (χ1n) is 10.1. The van der Waals surface area contributed by atoms with Crippen LogP contribution in [0.5, 0.6) is 11.6 Å². The normalized spacial score (nSPS) is 14.5. The summed E-state index contributed by atoms with van der Waals surface area (Å²) in [6.45, 7) is 4.78. The fourth-order valence-corrected chi connectivity index (χ4v) is 3.27. The number of pyridine rings is 1. The number of ether oxygens (including phenoxy) is 2. The first-order chi connectivity index (χ1) is 14.6. The summed E-state index contributed by atoms with van der Waals surface area (Å²) in [4.78, 5) is 22.9. The number of methoxy groups -OCH3 is 1. The van der Waals surface area contributed by atoms with E-state index in [2.05, 4.69) is 15.2 Å². The SMILES string of the molecule is CCNC(=NCc1ccc(Oc2ccc(F)cc2)nc1)N1CCC(C(=O)OC)CC1.I. The number of carbonyl (C=O) groups excluding carboxylic acids is 1. The number of likely N-dealkylation sites (tertiary alicyclic amines) is 1. The Kier molecular flexibility index (Phi) is 9.96. The second kappa shape index (κ2) is 12.4. The van der Waals surface area contributed by atoms with Gasteiger partial charge in [-0.1, -0.05) is 6.07 Å². The van der Waals surface area contributed by atoms with Gasteiger partial charge in [-0.2, -0.15) is 0 Å². The molecule has 1 fully saturated rings.